The highest BCUT2D eigenvalue weighted by molar-refractivity contribution is 5.76. The highest BCUT2D eigenvalue weighted by Crippen LogP contribution is 2.31. The first-order valence-corrected chi connectivity index (χ1v) is 9.62. The first-order chi connectivity index (χ1) is 14.1. The van der Waals surface area contributed by atoms with Gasteiger partial charge in [-0.3, -0.25) is 4.79 Å². The summed E-state index contributed by atoms with van der Waals surface area (Å²) in [4.78, 5) is 13.7. The Morgan fingerprint density at radius 3 is 2.17 bits per heavy atom. The van der Waals surface area contributed by atoms with Crippen molar-refractivity contribution < 1.29 is 28.6 Å². The fourth-order valence-corrected chi connectivity index (χ4v) is 3.66. The van der Waals surface area contributed by atoms with E-state index in [2.05, 4.69) is 5.32 Å². The van der Waals surface area contributed by atoms with Crippen molar-refractivity contribution in [2.45, 2.75) is 19.5 Å². The van der Waals surface area contributed by atoms with Gasteiger partial charge in [0.05, 0.1) is 35.0 Å². The zero-order chi connectivity index (χ0) is 20.8. The number of quaternary nitrogens is 1. The third-order valence-corrected chi connectivity index (χ3v) is 5.24. The van der Waals surface area contributed by atoms with Crippen molar-refractivity contribution in [1.82, 2.24) is 5.32 Å². The molecule has 0 saturated carbocycles. The molecule has 1 unspecified atom stereocenters. The molecule has 2 aromatic carbocycles. The maximum absolute atomic E-state index is 12.5. The van der Waals surface area contributed by atoms with Gasteiger partial charge in [0.25, 0.3) is 5.91 Å². The summed E-state index contributed by atoms with van der Waals surface area (Å²) in [6.45, 7) is 2.58. The van der Waals surface area contributed by atoms with Crippen molar-refractivity contribution in [3.05, 3.63) is 47.0 Å². The number of carbonyl (C=O) groups is 1. The number of hydrogen-bond donors (Lipinski definition) is 2. The van der Waals surface area contributed by atoms with Crippen molar-refractivity contribution in [3.63, 3.8) is 0 Å². The topological polar surface area (TPSA) is 70.5 Å². The summed E-state index contributed by atoms with van der Waals surface area (Å²) in [7, 11) is 6.49. The van der Waals surface area contributed by atoms with Gasteiger partial charge in [-0.15, -0.1) is 0 Å². The maximum atomic E-state index is 12.5. The van der Waals surface area contributed by atoms with Crippen LogP contribution in [0.25, 0.3) is 0 Å². The molecule has 7 nitrogen and oxygen atoms in total. The van der Waals surface area contributed by atoms with Crippen LogP contribution >= 0.6 is 0 Å². The molecule has 0 aromatic heterocycles. The minimum atomic E-state index is 0.0266. The second kappa shape index (κ2) is 9.52. The van der Waals surface area contributed by atoms with E-state index in [4.69, 9.17) is 18.9 Å². The molecule has 7 heteroatoms. The van der Waals surface area contributed by atoms with Gasteiger partial charge >= 0.3 is 0 Å². The Morgan fingerprint density at radius 1 is 0.897 bits per heavy atom. The van der Waals surface area contributed by atoms with E-state index >= 15 is 0 Å². The van der Waals surface area contributed by atoms with Crippen LogP contribution in [0.15, 0.2) is 30.3 Å². The smallest absolute Gasteiger partial charge is 0.275 e. The van der Waals surface area contributed by atoms with Crippen LogP contribution in [0, 0.1) is 0 Å². The molecule has 29 heavy (non-hydrogen) atoms. The summed E-state index contributed by atoms with van der Waals surface area (Å²) in [5.41, 5.74) is 3.43. The van der Waals surface area contributed by atoms with Crippen molar-refractivity contribution in [3.8, 4) is 23.0 Å². The van der Waals surface area contributed by atoms with Crippen molar-refractivity contribution in [1.29, 1.82) is 0 Å². The average Bonchev–Trinajstić information content (AvgIpc) is 2.76. The van der Waals surface area contributed by atoms with E-state index < -0.39 is 0 Å². The van der Waals surface area contributed by atoms with Crippen LogP contribution in [-0.4, -0.2) is 47.4 Å². The molecule has 1 aliphatic heterocycles. The number of hydrogen-bond acceptors (Lipinski definition) is 5. The van der Waals surface area contributed by atoms with Gasteiger partial charge in [0, 0.05) is 18.5 Å². The number of amides is 1. The molecular formula is C22H29N2O5+. The molecule has 1 amide bonds. The Balaban J connectivity index is 1.57. The summed E-state index contributed by atoms with van der Waals surface area (Å²) >= 11 is 0. The van der Waals surface area contributed by atoms with Crippen LogP contribution in [-0.2, 0) is 24.3 Å². The van der Waals surface area contributed by atoms with Crippen LogP contribution in [0.1, 0.15) is 16.7 Å². The van der Waals surface area contributed by atoms with Gasteiger partial charge in [0.2, 0.25) is 0 Å². The van der Waals surface area contributed by atoms with E-state index in [0.29, 0.717) is 24.6 Å². The number of nitrogens with one attached hydrogen (secondary N) is 2. The molecule has 3 rings (SSSR count). The van der Waals surface area contributed by atoms with Gasteiger partial charge < -0.3 is 29.2 Å². The fraction of sp³-hybridized carbons (Fsp3) is 0.409. The number of rotatable bonds is 8. The second-order valence-corrected chi connectivity index (χ2v) is 7.05. The van der Waals surface area contributed by atoms with Crippen LogP contribution < -0.4 is 29.2 Å². The number of methoxy groups -OCH3 is 4. The minimum absolute atomic E-state index is 0.0266. The van der Waals surface area contributed by atoms with Crippen LogP contribution in [0.5, 0.6) is 23.0 Å². The van der Waals surface area contributed by atoms with Crippen molar-refractivity contribution in [2.75, 3.05) is 41.5 Å². The van der Waals surface area contributed by atoms with E-state index in [9.17, 15) is 4.79 Å². The first-order valence-electron chi connectivity index (χ1n) is 9.62. The quantitative estimate of drug-likeness (QED) is 0.690. The predicted octanol–water partition coefficient (Wildman–Crippen LogP) is 0.978. The standard InChI is InChI=1S/C22H28N2O5/c1-26-18-6-5-15(9-19(18)27-2)12-23-22(25)14-24-8-7-16-10-20(28-3)21(29-4)11-17(16)13-24/h5-6,9-11H,7-8,12-14H2,1-4H3,(H,23,25)/p+1. The van der Waals surface area contributed by atoms with Crippen molar-refractivity contribution >= 4 is 5.91 Å². The Kier molecular flexibility index (Phi) is 6.82. The highest BCUT2D eigenvalue weighted by Gasteiger charge is 2.24. The summed E-state index contributed by atoms with van der Waals surface area (Å²) in [6.07, 6.45) is 0.911. The normalized spacial score (nSPS) is 15.2. The third kappa shape index (κ3) is 4.92. The molecular weight excluding hydrogens is 372 g/mol. The second-order valence-electron chi connectivity index (χ2n) is 7.05. The summed E-state index contributed by atoms with van der Waals surface area (Å²) in [6, 6.07) is 9.71. The van der Waals surface area contributed by atoms with E-state index in [0.717, 1.165) is 36.6 Å². The lowest BCUT2D eigenvalue weighted by Gasteiger charge is -2.26. The molecule has 0 fully saturated rings. The molecule has 0 aliphatic carbocycles. The molecule has 1 atom stereocenters. The average molecular weight is 401 g/mol. The Labute approximate surface area is 171 Å². The van der Waals surface area contributed by atoms with Gasteiger partial charge in [0.1, 0.15) is 6.54 Å². The minimum Gasteiger partial charge on any atom is -0.493 e. The lowest BCUT2D eigenvalue weighted by molar-refractivity contribution is -0.908. The SMILES string of the molecule is COc1ccc(CNC(=O)C[NH+]2CCc3cc(OC)c(OC)cc3C2)cc1OC. The largest absolute Gasteiger partial charge is 0.493 e. The molecule has 1 heterocycles. The summed E-state index contributed by atoms with van der Waals surface area (Å²) in [5, 5.41) is 3.00. The number of benzene rings is 2. The van der Waals surface area contributed by atoms with Gasteiger partial charge in [-0.25, -0.2) is 0 Å². The third-order valence-electron chi connectivity index (χ3n) is 5.24. The van der Waals surface area contributed by atoms with E-state index in [-0.39, 0.29) is 5.91 Å². The molecule has 0 spiro atoms. The van der Waals surface area contributed by atoms with Crippen LogP contribution in [0.3, 0.4) is 0 Å². The highest BCUT2D eigenvalue weighted by atomic mass is 16.5. The Hall–Kier alpha value is -2.93. The van der Waals surface area contributed by atoms with Gasteiger partial charge in [-0.1, -0.05) is 6.07 Å². The van der Waals surface area contributed by atoms with E-state index in [1.165, 1.54) is 16.0 Å². The van der Waals surface area contributed by atoms with E-state index in [1.54, 1.807) is 28.4 Å². The Morgan fingerprint density at radius 2 is 1.52 bits per heavy atom. The maximum Gasteiger partial charge on any atom is 0.275 e. The monoisotopic (exact) mass is 401 g/mol. The van der Waals surface area contributed by atoms with Crippen LogP contribution in [0.4, 0.5) is 0 Å². The predicted molar refractivity (Wildman–Crippen MR) is 109 cm³/mol. The molecule has 0 radical (unpaired) electrons. The molecule has 156 valence electrons. The van der Waals surface area contributed by atoms with Crippen LogP contribution in [0.2, 0.25) is 0 Å². The molecule has 1 aliphatic rings. The lowest BCUT2D eigenvalue weighted by atomic mass is 9.99. The van der Waals surface area contributed by atoms with Gasteiger partial charge in [-0.05, 0) is 35.4 Å². The molecule has 0 bridgehead atoms. The Bertz CT molecular complexity index is 869. The summed E-state index contributed by atoms with van der Waals surface area (Å²) in [5.74, 6) is 2.83. The van der Waals surface area contributed by atoms with Gasteiger partial charge in [0.15, 0.2) is 29.5 Å². The van der Waals surface area contributed by atoms with Crippen molar-refractivity contribution in [2.24, 2.45) is 0 Å². The summed E-state index contributed by atoms with van der Waals surface area (Å²) < 4.78 is 21.4. The fourth-order valence-electron chi connectivity index (χ4n) is 3.66. The first kappa shape index (κ1) is 20.8. The lowest BCUT2D eigenvalue weighted by Crippen LogP contribution is -3.12. The zero-order valence-electron chi connectivity index (χ0n) is 17.5. The molecule has 2 aromatic rings. The molecule has 0 saturated heterocycles. The number of carbonyl (C=O) groups excluding carboxylic acids is 1. The van der Waals surface area contributed by atoms with Gasteiger partial charge in [-0.2, -0.15) is 0 Å². The zero-order valence-corrected chi connectivity index (χ0v) is 17.5. The molecule has 2 N–H and O–H groups in total. The number of fused-ring (bicyclic) bond motifs is 1. The van der Waals surface area contributed by atoms with E-state index in [1.807, 2.05) is 30.3 Å². The number of ether oxygens (including phenoxy) is 4.